The van der Waals surface area contributed by atoms with Crippen molar-refractivity contribution in [3.63, 3.8) is 0 Å². The van der Waals surface area contributed by atoms with Gasteiger partial charge in [-0.05, 0) is 43.0 Å². The lowest BCUT2D eigenvalue weighted by molar-refractivity contribution is -0.132. The Morgan fingerprint density at radius 3 is 2.79 bits per heavy atom. The molecule has 2 aliphatic rings. The van der Waals surface area contributed by atoms with Crippen LogP contribution < -0.4 is 20.7 Å². The highest BCUT2D eigenvalue weighted by Crippen LogP contribution is 2.32. The Kier molecular flexibility index (Phi) is 4.62. The molecular formula is C17H23N3O4. The summed E-state index contributed by atoms with van der Waals surface area (Å²) in [6.45, 7) is 1.84. The molecule has 1 saturated heterocycles. The van der Waals surface area contributed by atoms with Gasteiger partial charge >= 0.3 is 6.03 Å². The van der Waals surface area contributed by atoms with Crippen molar-refractivity contribution in [1.29, 1.82) is 0 Å². The number of methoxy groups -OCH3 is 1. The maximum absolute atomic E-state index is 12.6. The summed E-state index contributed by atoms with van der Waals surface area (Å²) in [5.74, 6) is 0.406. The minimum absolute atomic E-state index is 0.203. The van der Waals surface area contributed by atoms with Crippen LogP contribution in [-0.4, -0.2) is 45.4 Å². The number of nitrogens with zero attached hydrogens (tertiary/aromatic N) is 1. The number of hydrogen-bond donors (Lipinski definition) is 2. The van der Waals surface area contributed by atoms with Crippen LogP contribution >= 0.6 is 0 Å². The van der Waals surface area contributed by atoms with Crippen molar-refractivity contribution < 1.29 is 19.1 Å². The van der Waals surface area contributed by atoms with Gasteiger partial charge in [0, 0.05) is 32.0 Å². The van der Waals surface area contributed by atoms with Crippen LogP contribution in [-0.2, 0) is 16.0 Å². The van der Waals surface area contributed by atoms with Gasteiger partial charge in [0.15, 0.2) is 0 Å². The molecule has 0 spiro atoms. The second-order valence-corrected chi connectivity index (χ2v) is 6.31. The Hall–Kier alpha value is -2.28. The van der Waals surface area contributed by atoms with Crippen molar-refractivity contribution >= 4 is 17.6 Å². The number of hydrogen-bond acceptors (Lipinski definition) is 4. The average Bonchev–Trinajstić information content (AvgIpc) is 3.03. The second-order valence-electron chi connectivity index (χ2n) is 6.31. The predicted octanol–water partition coefficient (Wildman–Crippen LogP) is 1.05. The number of nitrogens with one attached hydrogen (secondary N) is 1. The van der Waals surface area contributed by atoms with Gasteiger partial charge in [0.05, 0.1) is 12.5 Å². The van der Waals surface area contributed by atoms with Crippen molar-refractivity contribution in [2.45, 2.75) is 19.3 Å². The summed E-state index contributed by atoms with van der Waals surface area (Å²) in [6, 6.07) is 5.48. The van der Waals surface area contributed by atoms with Crippen molar-refractivity contribution in [3.05, 3.63) is 23.8 Å². The molecule has 2 aliphatic heterocycles. The number of benzene rings is 1. The summed E-state index contributed by atoms with van der Waals surface area (Å²) in [5.41, 5.74) is 6.83. The topological polar surface area (TPSA) is 93.9 Å². The Bertz CT molecular complexity index is 641. The molecule has 0 aliphatic carbocycles. The number of nitrogens with two attached hydrogens (primary N) is 1. The molecule has 1 aromatic rings. The number of anilines is 1. The molecule has 0 radical (unpaired) electrons. The van der Waals surface area contributed by atoms with E-state index in [0.717, 1.165) is 23.4 Å². The lowest BCUT2D eigenvalue weighted by Crippen LogP contribution is -2.51. The number of ether oxygens (including phenoxy) is 2. The van der Waals surface area contributed by atoms with Crippen molar-refractivity contribution in [1.82, 2.24) is 5.32 Å². The molecule has 24 heavy (non-hydrogen) atoms. The third-order valence-electron chi connectivity index (χ3n) is 4.98. The van der Waals surface area contributed by atoms with Crippen LogP contribution in [0.25, 0.3) is 0 Å². The van der Waals surface area contributed by atoms with E-state index in [1.165, 1.54) is 0 Å². The summed E-state index contributed by atoms with van der Waals surface area (Å²) < 4.78 is 10.5. The Morgan fingerprint density at radius 2 is 2.12 bits per heavy atom. The zero-order valence-corrected chi connectivity index (χ0v) is 13.8. The normalized spacial score (nSPS) is 18.8. The van der Waals surface area contributed by atoms with Gasteiger partial charge in [0.1, 0.15) is 5.75 Å². The van der Waals surface area contributed by atoms with E-state index in [1.54, 1.807) is 12.0 Å². The summed E-state index contributed by atoms with van der Waals surface area (Å²) in [7, 11) is 1.62. The molecule has 130 valence electrons. The van der Waals surface area contributed by atoms with Crippen molar-refractivity contribution in [3.8, 4) is 5.75 Å². The van der Waals surface area contributed by atoms with E-state index in [1.807, 2.05) is 18.2 Å². The number of amides is 3. The molecule has 3 N–H and O–H groups in total. The smallest absolute Gasteiger partial charge is 0.321 e. The van der Waals surface area contributed by atoms with Gasteiger partial charge in [0.25, 0.3) is 0 Å². The van der Waals surface area contributed by atoms with Gasteiger partial charge in [-0.3, -0.25) is 9.69 Å². The largest absolute Gasteiger partial charge is 0.497 e. The minimum atomic E-state index is -0.712. The molecule has 0 unspecified atom stereocenters. The van der Waals surface area contributed by atoms with E-state index in [-0.39, 0.29) is 18.5 Å². The molecule has 7 nitrogen and oxygen atoms in total. The summed E-state index contributed by atoms with van der Waals surface area (Å²) in [4.78, 5) is 26.1. The zero-order chi connectivity index (χ0) is 17.2. The zero-order valence-electron chi connectivity index (χ0n) is 13.8. The molecule has 2 heterocycles. The molecule has 3 rings (SSSR count). The first-order valence-electron chi connectivity index (χ1n) is 8.16. The van der Waals surface area contributed by atoms with Crippen LogP contribution in [0.3, 0.4) is 0 Å². The number of carbonyl (C=O) groups is 2. The summed E-state index contributed by atoms with van der Waals surface area (Å²) in [6.07, 6.45) is 1.86. The van der Waals surface area contributed by atoms with Gasteiger partial charge in [-0.1, -0.05) is 0 Å². The van der Waals surface area contributed by atoms with Gasteiger partial charge in [0.2, 0.25) is 5.91 Å². The quantitative estimate of drug-likeness (QED) is 0.861. The minimum Gasteiger partial charge on any atom is -0.497 e. The Morgan fingerprint density at radius 1 is 1.38 bits per heavy atom. The molecule has 1 aromatic carbocycles. The van der Waals surface area contributed by atoms with Gasteiger partial charge in [-0.2, -0.15) is 0 Å². The molecule has 7 heteroatoms. The van der Waals surface area contributed by atoms with Crippen LogP contribution in [0, 0.1) is 5.41 Å². The van der Waals surface area contributed by atoms with Crippen LogP contribution in [0.4, 0.5) is 10.5 Å². The van der Waals surface area contributed by atoms with Crippen LogP contribution in [0.15, 0.2) is 18.2 Å². The molecule has 0 atom stereocenters. The van der Waals surface area contributed by atoms with E-state index >= 15 is 0 Å². The summed E-state index contributed by atoms with van der Waals surface area (Å²) in [5, 5.41) is 2.89. The van der Waals surface area contributed by atoms with Crippen LogP contribution in [0.2, 0.25) is 0 Å². The number of fused-ring (bicyclic) bond motifs is 1. The highest BCUT2D eigenvalue weighted by Gasteiger charge is 2.39. The fourth-order valence-electron chi connectivity index (χ4n) is 3.33. The summed E-state index contributed by atoms with van der Waals surface area (Å²) >= 11 is 0. The number of primary amides is 1. The first-order chi connectivity index (χ1) is 11.6. The average molecular weight is 333 g/mol. The maximum atomic E-state index is 12.6. The van der Waals surface area contributed by atoms with Gasteiger partial charge < -0.3 is 20.5 Å². The number of carbonyl (C=O) groups excluding carboxylic acids is 2. The van der Waals surface area contributed by atoms with Crippen LogP contribution in [0.1, 0.15) is 18.4 Å². The highest BCUT2D eigenvalue weighted by molar-refractivity contribution is 5.94. The Labute approximate surface area is 141 Å². The van der Waals surface area contributed by atoms with E-state index in [9.17, 15) is 9.59 Å². The van der Waals surface area contributed by atoms with Crippen molar-refractivity contribution in [2.75, 3.05) is 38.3 Å². The molecule has 0 saturated carbocycles. The lowest BCUT2D eigenvalue weighted by atomic mass is 9.79. The van der Waals surface area contributed by atoms with E-state index in [0.29, 0.717) is 32.6 Å². The third kappa shape index (κ3) is 3.03. The maximum Gasteiger partial charge on any atom is 0.321 e. The third-order valence-corrected chi connectivity index (χ3v) is 4.98. The van der Waals surface area contributed by atoms with Gasteiger partial charge in [-0.15, -0.1) is 0 Å². The van der Waals surface area contributed by atoms with Crippen molar-refractivity contribution in [2.24, 2.45) is 11.1 Å². The fraction of sp³-hybridized carbons (Fsp3) is 0.529. The first-order valence-corrected chi connectivity index (χ1v) is 8.16. The highest BCUT2D eigenvalue weighted by atomic mass is 16.5. The lowest BCUT2D eigenvalue weighted by Gasteiger charge is -2.34. The van der Waals surface area contributed by atoms with E-state index in [2.05, 4.69) is 5.32 Å². The second kappa shape index (κ2) is 6.68. The number of urea groups is 1. The first kappa shape index (κ1) is 16.6. The molecule has 0 bridgehead atoms. The van der Waals surface area contributed by atoms with Crippen LogP contribution in [0.5, 0.6) is 5.75 Å². The van der Waals surface area contributed by atoms with Gasteiger partial charge in [-0.25, -0.2) is 4.79 Å². The van der Waals surface area contributed by atoms with E-state index < -0.39 is 5.41 Å². The standard InChI is InChI=1S/C17H23N3O4/c1-23-13-2-3-14-12(10-13)4-7-20(14)16(22)19-11-17(15(18)21)5-8-24-9-6-17/h2-3,10H,4-9,11H2,1H3,(H2,18,21)(H,19,22). The van der Waals surface area contributed by atoms with E-state index in [4.69, 9.17) is 15.2 Å². The fourth-order valence-corrected chi connectivity index (χ4v) is 3.33. The Balaban J connectivity index is 1.67. The monoisotopic (exact) mass is 333 g/mol. The molecule has 3 amide bonds. The number of rotatable bonds is 4. The molecular weight excluding hydrogens is 310 g/mol. The molecule has 1 fully saturated rings. The SMILES string of the molecule is COc1ccc2c(c1)CCN2C(=O)NCC1(C(N)=O)CCOCC1. The molecule has 0 aromatic heterocycles. The predicted molar refractivity (Wildman–Crippen MR) is 89.1 cm³/mol.